The second kappa shape index (κ2) is 5.72. The van der Waals surface area contributed by atoms with Crippen molar-refractivity contribution in [3.05, 3.63) is 71.7 Å². The Morgan fingerprint density at radius 1 is 1.23 bits per heavy atom. The van der Waals surface area contributed by atoms with Gasteiger partial charge in [0.15, 0.2) is 0 Å². The molecule has 22 heavy (non-hydrogen) atoms. The van der Waals surface area contributed by atoms with Crippen LogP contribution in [0.25, 0.3) is 0 Å². The van der Waals surface area contributed by atoms with Crippen molar-refractivity contribution >= 4 is 11.6 Å². The van der Waals surface area contributed by atoms with E-state index in [4.69, 9.17) is 5.73 Å². The van der Waals surface area contributed by atoms with Gasteiger partial charge in [-0.3, -0.25) is 9.48 Å². The number of anilines is 1. The largest absolute Gasteiger partial charge is 0.383 e. The van der Waals surface area contributed by atoms with Crippen molar-refractivity contribution in [1.29, 1.82) is 0 Å². The lowest BCUT2D eigenvalue weighted by Crippen LogP contribution is -2.09. The van der Waals surface area contributed by atoms with E-state index < -0.39 is 0 Å². The minimum absolute atomic E-state index is 0.119. The molecule has 3 aromatic rings. The van der Waals surface area contributed by atoms with E-state index in [0.717, 1.165) is 5.56 Å². The van der Waals surface area contributed by atoms with Gasteiger partial charge in [-0.1, -0.05) is 12.1 Å². The molecular formula is C15H12FN5O. The highest BCUT2D eigenvalue weighted by Gasteiger charge is 2.16. The van der Waals surface area contributed by atoms with E-state index >= 15 is 0 Å². The molecular weight excluding hydrogens is 285 g/mol. The van der Waals surface area contributed by atoms with Gasteiger partial charge in [0, 0.05) is 12.4 Å². The van der Waals surface area contributed by atoms with Gasteiger partial charge in [0.2, 0.25) is 5.78 Å². The van der Waals surface area contributed by atoms with Crippen LogP contribution in [0.5, 0.6) is 0 Å². The number of halogens is 1. The first-order valence-corrected chi connectivity index (χ1v) is 6.51. The molecule has 0 aliphatic heterocycles. The maximum atomic E-state index is 12.9. The van der Waals surface area contributed by atoms with Gasteiger partial charge in [-0.2, -0.15) is 5.10 Å². The SMILES string of the molecule is Nc1ncncc1C(=O)c1ccn(Cc2ccc(F)cc2)n1. The minimum atomic E-state index is -0.337. The molecule has 0 amide bonds. The van der Waals surface area contributed by atoms with Gasteiger partial charge in [-0.05, 0) is 23.8 Å². The molecule has 0 fully saturated rings. The summed E-state index contributed by atoms with van der Waals surface area (Å²) in [5, 5.41) is 4.21. The molecule has 0 saturated heterocycles. The summed E-state index contributed by atoms with van der Waals surface area (Å²) < 4.78 is 14.5. The fourth-order valence-electron chi connectivity index (χ4n) is 2.00. The minimum Gasteiger partial charge on any atom is -0.383 e. The predicted octanol–water partition coefficient (Wildman–Crippen LogP) is 1.67. The van der Waals surface area contributed by atoms with Crippen LogP contribution in [-0.2, 0) is 6.54 Å². The molecule has 0 saturated carbocycles. The van der Waals surface area contributed by atoms with E-state index in [2.05, 4.69) is 15.1 Å². The molecule has 110 valence electrons. The van der Waals surface area contributed by atoms with Gasteiger partial charge >= 0.3 is 0 Å². The lowest BCUT2D eigenvalue weighted by molar-refractivity contribution is 0.103. The summed E-state index contributed by atoms with van der Waals surface area (Å²) in [7, 11) is 0. The van der Waals surface area contributed by atoms with Gasteiger partial charge in [0.05, 0.1) is 12.1 Å². The fraction of sp³-hybridized carbons (Fsp3) is 0.0667. The topological polar surface area (TPSA) is 86.7 Å². The molecule has 1 aromatic carbocycles. The first kappa shape index (κ1) is 13.9. The van der Waals surface area contributed by atoms with Crippen molar-refractivity contribution in [3.8, 4) is 0 Å². The van der Waals surface area contributed by atoms with Crippen LogP contribution >= 0.6 is 0 Å². The number of benzene rings is 1. The number of hydrogen-bond donors (Lipinski definition) is 1. The van der Waals surface area contributed by atoms with E-state index in [-0.39, 0.29) is 28.7 Å². The van der Waals surface area contributed by atoms with Crippen LogP contribution < -0.4 is 5.73 Å². The Morgan fingerprint density at radius 3 is 2.73 bits per heavy atom. The van der Waals surface area contributed by atoms with Crippen LogP contribution in [0.1, 0.15) is 21.6 Å². The summed E-state index contributed by atoms with van der Waals surface area (Å²) in [5.74, 6) is -0.510. The Morgan fingerprint density at radius 2 is 2.00 bits per heavy atom. The average Bonchev–Trinajstić information content (AvgIpc) is 2.98. The smallest absolute Gasteiger partial charge is 0.218 e. The Bertz CT molecular complexity index is 813. The number of carbonyl (C=O) groups excluding carboxylic acids is 1. The standard InChI is InChI=1S/C15H12FN5O/c16-11-3-1-10(2-4-11)8-21-6-5-13(20-21)14(22)12-7-18-9-19-15(12)17/h1-7,9H,8H2,(H2,17,18,19). The van der Waals surface area contributed by atoms with E-state index in [1.807, 2.05) is 0 Å². The molecule has 0 atom stereocenters. The van der Waals surface area contributed by atoms with Crippen LogP contribution in [0, 0.1) is 5.82 Å². The zero-order valence-corrected chi connectivity index (χ0v) is 11.5. The Hall–Kier alpha value is -3.09. The van der Waals surface area contributed by atoms with Crippen LogP contribution in [0.3, 0.4) is 0 Å². The normalized spacial score (nSPS) is 10.6. The van der Waals surface area contributed by atoms with Crippen molar-refractivity contribution < 1.29 is 9.18 Å². The van der Waals surface area contributed by atoms with E-state index in [9.17, 15) is 9.18 Å². The molecule has 0 aliphatic carbocycles. The van der Waals surface area contributed by atoms with Crippen LogP contribution in [0.2, 0.25) is 0 Å². The molecule has 2 heterocycles. The summed E-state index contributed by atoms with van der Waals surface area (Å²) in [6, 6.07) is 7.70. The fourth-order valence-corrected chi connectivity index (χ4v) is 2.00. The summed E-state index contributed by atoms with van der Waals surface area (Å²) in [6.07, 6.45) is 4.32. The monoisotopic (exact) mass is 297 g/mol. The molecule has 7 heteroatoms. The van der Waals surface area contributed by atoms with E-state index in [0.29, 0.717) is 6.54 Å². The number of hydrogen-bond acceptors (Lipinski definition) is 5. The van der Waals surface area contributed by atoms with Gasteiger partial charge in [-0.25, -0.2) is 14.4 Å². The van der Waals surface area contributed by atoms with Gasteiger partial charge in [0.25, 0.3) is 0 Å². The molecule has 2 aromatic heterocycles. The molecule has 0 radical (unpaired) electrons. The summed E-state index contributed by atoms with van der Waals surface area (Å²) in [5.41, 5.74) is 7.01. The predicted molar refractivity (Wildman–Crippen MR) is 77.6 cm³/mol. The lowest BCUT2D eigenvalue weighted by Gasteiger charge is -2.02. The van der Waals surface area contributed by atoms with Crippen molar-refractivity contribution in [1.82, 2.24) is 19.7 Å². The Balaban J connectivity index is 1.80. The summed E-state index contributed by atoms with van der Waals surface area (Å²) in [6.45, 7) is 0.439. The zero-order chi connectivity index (χ0) is 15.5. The number of nitrogen functional groups attached to an aromatic ring is 1. The summed E-state index contributed by atoms with van der Waals surface area (Å²) >= 11 is 0. The molecule has 0 bridgehead atoms. The van der Waals surface area contributed by atoms with Crippen molar-refractivity contribution in [2.75, 3.05) is 5.73 Å². The van der Waals surface area contributed by atoms with Gasteiger partial charge in [0.1, 0.15) is 23.7 Å². The second-order valence-electron chi connectivity index (χ2n) is 4.68. The highest BCUT2D eigenvalue weighted by Crippen LogP contribution is 2.12. The molecule has 3 rings (SSSR count). The quantitative estimate of drug-likeness (QED) is 0.740. The second-order valence-corrected chi connectivity index (χ2v) is 4.68. The zero-order valence-electron chi connectivity index (χ0n) is 11.5. The van der Waals surface area contributed by atoms with Crippen LogP contribution in [0.15, 0.2) is 49.1 Å². The van der Waals surface area contributed by atoms with Crippen molar-refractivity contribution in [3.63, 3.8) is 0 Å². The third-order valence-corrected chi connectivity index (χ3v) is 3.12. The first-order valence-electron chi connectivity index (χ1n) is 6.51. The maximum Gasteiger partial charge on any atom is 0.218 e. The highest BCUT2D eigenvalue weighted by molar-refractivity contribution is 6.10. The van der Waals surface area contributed by atoms with Gasteiger partial charge in [-0.15, -0.1) is 0 Å². The van der Waals surface area contributed by atoms with Crippen LogP contribution in [-0.4, -0.2) is 25.5 Å². The highest BCUT2D eigenvalue weighted by atomic mass is 19.1. The van der Waals surface area contributed by atoms with Gasteiger partial charge < -0.3 is 5.73 Å². The number of rotatable bonds is 4. The molecule has 0 spiro atoms. The third kappa shape index (κ3) is 2.83. The Labute approximate surface area is 125 Å². The van der Waals surface area contributed by atoms with Crippen molar-refractivity contribution in [2.24, 2.45) is 0 Å². The van der Waals surface area contributed by atoms with Crippen molar-refractivity contribution in [2.45, 2.75) is 6.54 Å². The first-order chi connectivity index (χ1) is 10.6. The maximum absolute atomic E-state index is 12.9. The molecule has 0 unspecified atom stereocenters. The number of ketones is 1. The molecule has 6 nitrogen and oxygen atoms in total. The Kier molecular flexibility index (Phi) is 3.61. The van der Waals surface area contributed by atoms with E-state index in [1.54, 1.807) is 29.1 Å². The van der Waals surface area contributed by atoms with E-state index in [1.165, 1.54) is 24.7 Å². The van der Waals surface area contributed by atoms with Crippen LogP contribution in [0.4, 0.5) is 10.2 Å². The molecule has 0 aliphatic rings. The number of carbonyl (C=O) groups is 1. The molecule has 2 N–H and O–H groups in total. The summed E-state index contributed by atoms with van der Waals surface area (Å²) in [4.78, 5) is 19.9. The lowest BCUT2D eigenvalue weighted by atomic mass is 10.1. The number of nitrogens with two attached hydrogens (primary N) is 1. The number of aromatic nitrogens is 4. The average molecular weight is 297 g/mol. The number of nitrogens with zero attached hydrogens (tertiary/aromatic N) is 4. The third-order valence-electron chi connectivity index (χ3n) is 3.12.